The fraction of sp³-hybridized carbons (Fsp3) is 0.500. The van der Waals surface area contributed by atoms with Crippen LogP contribution in [0, 0.1) is 6.92 Å². The number of carboxylic acid groups (broad SMARTS) is 1. The standard InChI is InChI=1S/C14H18F2O2/c1-9-7-11(13(2,3)4)6-5-10(9)8-14(15,16)12(17)18/h5-7H,8H2,1-4H3,(H,17,18). The highest BCUT2D eigenvalue weighted by atomic mass is 19.3. The predicted molar refractivity (Wildman–Crippen MR) is 66.2 cm³/mol. The van der Waals surface area contributed by atoms with Gasteiger partial charge in [-0.15, -0.1) is 0 Å². The summed E-state index contributed by atoms with van der Waals surface area (Å²) in [6.07, 6.45) is -0.765. The summed E-state index contributed by atoms with van der Waals surface area (Å²) in [6.45, 7) is 7.83. The van der Waals surface area contributed by atoms with E-state index in [1.54, 1.807) is 19.1 Å². The van der Waals surface area contributed by atoms with Crippen LogP contribution in [-0.2, 0) is 16.6 Å². The number of hydrogen-bond acceptors (Lipinski definition) is 1. The summed E-state index contributed by atoms with van der Waals surface area (Å²) in [5.41, 5.74) is 2.06. The first kappa shape index (κ1) is 14.6. The third kappa shape index (κ3) is 3.28. The van der Waals surface area contributed by atoms with E-state index in [1.807, 2.05) is 26.8 Å². The maximum atomic E-state index is 13.1. The largest absolute Gasteiger partial charge is 0.477 e. The lowest BCUT2D eigenvalue weighted by Gasteiger charge is -2.21. The van der Waals surface area contributed by atoms with Crippen molar-refractivity contribution in [2.24, 2.45) is 0 Å². The van der Waals surface area contributed by atoms with E-state index in [9.17, 15) is 13.6 Å². The number of benzene rings is 1. The van der Waals surface area contributed by atoms with Crippen molar-refractivity contribution in [3.8, 4) is 0 Å². The number of alkyl halides is 2. The van der Waals surface area contributed by atoms with Crippen LogP contribution in [0.4, 0.5) is 8.78 Å². The zero-order valence-electron chi connectivity index (χ0n) is 11.1. The minimum Gasteiger partial charge on any atom is -0.477 e. The van der Waals surface area contributed by atoms with Crippen molar-refractivity contribution in [2.75, 3.05) is 0 Å². The first-order valence-corrected chi connectivity index (χ1v) is 5.75. The summed E-state index contributed by atoms with van der Waals surface area (Å²) in [5, 5.41) is 8.43. The number of halogens is 2. The fourth-order valence-electron chi connectivity index (χ4n) is 1.68. The van der Waals surface area contributed by atoms with Gasteiger partial charge >= 0.3 is 11.9 Å². The summed E-state index contributed by atoms with van der Waals surface area (Å²) in [5.74, 6) is -5.80. The van der Waals surface area contributed by atoms with Gasteiger partial charge in [-0.05, 0) is 29.0 Å². The molecule has 0 unspecified atom stereocenters. The van der Waals surface area contributed by atoms with Gasteiger partial charge in [-0.3, -0.25) is 0 Å². The van der Waals surface area contributed by atoms with Crippen LogP contribution in [-0.4, -0.2) is 17.0 Å². The molecule has 0 saturated heterocycles. The second kappa shape index (κ2) is 4.67. The summed E-state index contributed by atoms with van der Waals surface area (Å²) < 4.78 is 26.3. The molecule has 0 fully saturated rings. The Morgan fingerprint density at radius 1 is 1.28 bits per heavy atom. The van der Waals surface area contributed by atoms with E-state index < -0.39 is 18.3 Å². The third-order valence-corrected chi connectivity index (χ3v) is 2.93. The number of aliphatic carboxylic acids is 1. The average molecular weight is 256 g/mol. The van der Waals surface area contributed by atoms with Crippen molar-refractivity contribution in [2.45, 2.75) is 45.5 Å². The molecule has 0 radical (unpaired) electrons. The summed E-state index contributed by atoms with van der Waals surface area (Å²) in [7, 11) is 0. The van der Waals surface area contributed by atoms with Crippen LogP contribution in [0.3, 0.4) is 0 Å². The molecule has 1 aromatic rings. The van der Waals surface area contributed by atoms with Crippen LogP contribution in [0.2, 0.25) is 0 Å². The van der Waals surface area contributed by atoms with Crippen molar-refractivity contribution in [1.29, 1.82) is 0 Å². The lowest BCUT2D eigenvalue weighted by molar-refractivity contribution is -0.164. The topological polar surface area (TPSA) is 37.3 Å². The van der Waals surface area contributed by atoms with Crippen molar-refractivity contribution in [3.05, 3.63) is 34.9 Å². The molecule has 0 spiro atoms. The van der Waals surface area contributed by atoms with Gasteiger partial charge in [0.2, 0.25) is 0 Å². The van der Waals surface area contributed by atoms with E-state index in [4.69, 9.17) is 5.11 Å². The summed E-state index contributed by atoms with van der Waals surface area (Å²) >= 11 is 0. The predicted octanol–water partition coefficient (Wildman–Crippen LogP) is 3.55. The summed E-state index contributed by atoms with van der Waals surface area (Å²) in [6, 6.07) is 5.21. The SMILES string of the molecule is Cc1cc(C(C)(C)C)ccc1CC(F)(F)C(=O)O. The molecule has 100 valence electrons. The molecule has 1 rings (SSSR count). The lowest BCUT2D eigenvalue weighted by atomic mass is 9.85. The van der Waals surface area contributed by atoms with Crippen LogP contribution < -0.4 is 0 Å². The minimum atomic E-state index is -3.71. The Kier molecular flexibility index (Phi) is 3.79. The van der Waals surface area contributed by atoms with E-state index in [2.05, 4.69) is 0 Å². The van der Waals surface area contributed by atoms with Crippen LogP contribution >= 0.6 is 0 Å². The van der Waals surface area contributed by atoms with Crippen LogP contribution in [0.15, 0.2) is 18.2 Å². The highest BCUT2D eigenvalue weighted by Crippen LogP contribution is 2.27. The number of aryl methyl sites for hydroxylation is 1. The second-order valence-corrected chi connectivity index (χ2v) is 5.58. The average Bonchev–Trinajstić information content (AvgIpc) is 2.19. The van der Waals surface area contributed by atoms with Crippen molar-refractivity contribution in [1.82, 2.24) is 0 Å². The van der Waals surface area contributed by atoms with Gasteiger partial charge < -0.3 is 5.11 Å². The Bertz CT molecular complexity index is 459. The Morgan fingerprint density at radius 3 is 2.22 bits per heavy atom. The van der Waals surface area contributed by atoms with E-state index in [0.29, 0.717) is 11.1 Å². The molecule has 1 N–H and O–H groups in total. The van der Waals surface area contributed by atoms with Gasteiger partial charge in [-0.1, -0.05) is 39.0 Å². The van der Waals surface area contributed by atoms with Crippen LogP contribution in [0.1, 0.15) is 37.5 Å². The van der Waals surface area contributed by atoms with Crippen molar-refractivity contribution >= 4 is 5.97 Å². The Balaban J connectivity index is 3.04. The molecule has 1 aromatic carbocycles. The van der Waals surface area contributed by atoms with Crippen LogP contribution in [0.5, 0.6) is 0 Å². The van der Waals surface area contributed by atoms with Crippen molar-refractivity contribution in [3.63, 3.8) is 0 Å². The molecule has 4 heteroatoms. The van der Waals surface area contributed by atoms with Crippen molar-refractivity contribution < 1.29 is 18.7 Å². The maximum Gasteiger partial charge on any atom is 0.374 e. The molecule has 2 nitrogen and oxygen atoms in total. The van der Waals surface area contributed by atoms with E-state index in [1.165, 1.54) is 0 Å². The van der Waals surface area contributed by atoms with Gasteiger partial charge in [0.15, 0.2) is 0 Å². The van der Waals surface area contributed by atoms with Gasteiger partial charge in [0.05, 0.1) is 0 Å². The zero-order valence-corrected chi connectivity index (χ0v) is 11.1. The molecule has 0 aliphatic heterocycles. The Labute approximate surface area is 106 Å². The fourth-order valence-corrected chi connectivity index (χ4v) is 1.68. The third-order valence-electron chi connectivity index (χ3n) is 2.93. The molecule has 0 aliphatic rings. The molecular weight excluding hydrogens is 238 g/mol. The lowest BCUT2D eigenvalue weighted by Crippen LogP contribution is -2.31. The van der Waals surface area contributed by atoms with E-state index in [0.717, 1.165) is 5.56 Å². The Morgan fingerprint density at radius 2 is 1.83 bits per heavy atom. The Hall–Kier alpha value is -1.45. The van der Waals surface area contributed by atoms with Gasteiger partial charge in [-0.25, -0.2) is 4.79 Å². The molecule has 0 atom stereocenters. The quantitative estimate of drug-likeness (QED) is 0.897. The van der Waals surface area contributed by atoms with Gasteiger partial charge in [-0.2, -0.15) is 8.78 Å². The second-order valence-electron chi connectivity index (χ2n) is 5.58. The molecule has 18 heavy (non-hydrogen) atoms. The van der Waals surface area contributed by atoms with Gasteiger partial charge in [0.25, 0.3) is 0 Å². The number of rotatable bonds is 3. The molecule has 0 aliphatic carbocycles. The normalized spacial score (nSPS) is 12.6. The molecule has 0 heterocycles. The van der Waals surface area contributed by atoms with Gasteiger partial charge in [0.1, 0.15) is 0 Å². The van der Waals surface area contributed by atoms with E-state index in [-0.39, 0.29) is 5.41 Å². The highest BCUT2D eigenvalue weighted by molar-refractivity contribution is 5.75. The molecule has 0 amide bonds. The molecule has 0 aromatic heterocycles. The number of carbonyl (C=O) groups is 1. The smallest absolute Gasteiger partial charge is 0.374 e. The first-order chi connectivity index (χ1) is 8.04. The zero-order chi connectivity index (χ0) is 14.1. The van der Waals surface area contributed by atoms with E-state index >= 15 is 0 Å². The van der Waals surface area contributed by atoms with Crippen LogP contribution in [0.25, 0.3) is 0 Å². The maximum absolute atomic E-state index is 13.1. The highest BCUT2D eigenvalue weighted by Gasteiger charge is 2.39. The minimum absolute atomic E-state index is 0.0569. The summed E-state index contributed by atoms with van der Waals surface area (Å²) in [4.78, 5) is 10.4. The number of hydrogen-bond donors (Lipinski definition) is 1. The molecule has 0 bridgehead atoms. The van der Waals surface area contributed by atoms with Gasteiger partial charge in [0, 0.05) is 6.42 Å². The molecule has 0 saturated carbocycles. The first-order valence-electron chi connectivity index (χ1n) is 5.75. The molecular formula is C14H18F2O2. The number of carboxylic acids is 1. The monoisotopic (exact) mass is 256 g/mol.